The van der Waals surface area contributed by atoms with E-state index in [1.54, 1.807) is 13.3 Å². The van der Waals surface area contributed by atoms with E-state index in [0.717, 1.165) is 6.42 Å². The van der Waals surface area contributed by atoms with Gasteiger partial charge in [-0.15, -0.1) is 0 Å². The summed E-state index contributed by atoms with van der Waals surface area (Å²) in [6, 6.07) is 4.78. The van der Waals surface area contributed by atoms with Crippen LogP contribution in [0.1, 0.15) is 45.7 Å². The van der Waals surface area contributed by atoms with E-state index in [0.29, 0.717) is 12.1 Å². The van der Waals surface area contributed by atoms with Gasteiger partial charge in [0.05, 0.1) is 5.60 Å². The van der Waals surface area contributed by atoms with Crippen molar-refractivity contribution in [2.45, 2.75) is 51.8 Å². The summed E-state index contributed by atoms with van der Waals surface area (Å²) in [7, 11) is 1.76. The van der Waals surface area contributed by atoms with Crippen molar-refractivity contribution in [3.05, 3.63) is 30.1 Å². The highest BCUT2D eigenvalue weighted by molar-refractivity contribution is 5.12. The van der Waals surface area contributed by atoms with E-state index in [2.05, 4.69) is 44.1 Å². The molecule has 2 atom stereocenters. The normalized spacial score (nSPS) is 15.6. The fraction of sp³-hybridized carbons (Fsp3) is 0.643. The van der Waals surface area contributed by atoms with Gasteiger partial charge in [0.25, 0.3) is 0 Å². The molecule has 96 valence electrons. The third-order valence-corrected chi connectivity index (χ3v) is 3.07. The first-order valence-corrected chi connectivity index (χ1v) is 6.16. The third kappa shape index (κ3) is 4.84. The predicted molar refractivity (Wildman–Crippen MR) is 71.0 cm³/mol. The van der Waals surface area contributed by atoms with Crippen molar-refractivity contribution >= 4 is 0 Å². The van der Waals surface area contributed by atoms with Crippen molar-refractivity contribution in [1.82, 2.24) is 10.3 Å². The van der Waals surface area contributed by atoms with Gasteiger partial charge >= 0.3 is 0 Å². The van der Waals surface area contributed by atoms with Crippen molar-refractivity contribution in [3.8, 4) is 0 Å². The number of hydrogen-bond acceptors (Lipinski definition) is 3. The van der Waals surface area contributed by atoms with Gasteiger partial charge in [0.1, 0.15) is 0 Å². The molecule has 0 aliphatic heterocycles. The van der Waals surface area contributed by atoms with Gasteiger partial charge in [-0.1, -0.05) is 6.07 Å². The summed E-state index contributed by atoms with van der Waals surface area (Å²) in [5.41, 5.74) is 1.13. The summed E-state index contributed by atoms with van der Waals surface area (Å²) in [5.74, 6) is 0. The minimum absolute atomic E-state index is 0.0823. The van der Waals surface area contributed by atoms with Crippen LogP contribution in [-0.2, 0) is 4.74 Å². The number of nitrogens with zero attached hydrogens (tertiary/aromatic N) is 1. The van der Waals surface area contributed by atoms with Crippen LogP contribution in [0.25, 0.3) is 0 Å². The van der Waals surface area contributed by atoms with Gasteiger partial charge in [-0.05, 0) is 45.7 Å². The van der Waals surface area contributed by atoms with Gasteiger partial charge < -0.3 is 10.1 Å². The molecule has 0 saturated heterocycles. The summed E-state index contributed by atoms with van der Waals surface area (Å²) >= 11 is 0. The summed E-state index contributed by atoms with van der Waals surface area (Å²) < 4.78 is 5.44. The van der Waals surface area contributed by atoms with Crippen molar-refractivity contribution < 1.29 is 4.74 Å². The molecule has 0 amide bonds. The van der Waals surface area contributed by atoms with Crippen LogP contribution < -0.4 is 5.32 Å². The molecule has 1 unspecified atom stereocenters. The second kappa shape index (κ2) is 6.12. The van der Waals surface area contributed by atoms with Crippen molar-refractivity contribution in [1.29, 1.82) is 0 Å². The molecule has 1 N–H and O–H groups in total. The Morgan fingerprint density at radius 1 is 1.41 bits per heavy atom. The number of rotatable bonds is 6. The second-order valence-corrected chi connectivity index (χ2v) is 5.24. The Hall–Kier alpha value is -0.930. The number of nitrogens with one attached hydrogen (secondary N) is 1. The van der Waals surface area contributed by atoms with E-state index in [9.17, 15) is 0 Å². The summed E-state index contributed by atoms with van der Waals surface area (Å²) in [6.45, 7) is 8.57. The second-order valence-electron chi connectivity index (χ2n) is 5.24. The average Bonchev–Trinajstić information content (AvgIpc) is 2.29. The lowest BCUT2D eigenvalue weighted by molar-refractivity contribution is 0.00782. The highest BCUT2D eigenvalue weighted by Gasteiger charge is 2.21. The van der Waals surface area contributed by atoms with Crippen LogP contribution in [0, 0.1) is 0 Å². The first-order valence-electron chi connectivity index (χ1n) is 6.16. The molecule has 0 bridgehead atoms. The van der Waals surface area contributed by atoms with Crippen LogP contribution in [-0.4, -0.2) is 23.7 Å². The number of hydrogen-bond donors (Lipinski definition) is 1. The minimum Gasteiger partial charge on any atom is -0.379 e. The Bertz CT molecular complexity index is 324. The van der Waals surface area contributed by atoms with Gasteiger partial charge in [0, 0.05) is 31.6 Å². The zero-order valence-electron chi connectivity index (χ0n) is 11.5. The number of methoxy groups -OCH3 is 1. The van der Waals surface area contributed by atoms with Crippen molar-refractivity contribution in [2.24, 2.45) is 0 Å². The van der Waals surface area contributed by atoms with Gasteiger partial charge in [0.15, 0.2) is 0 Å². The lowest BCUT2D eigenvalue weighted by atomic mass is 9.98. The molecule has 3 heteroatoms. The standard InChI is InChI=1S/C14H24N2O/c1-11(9-14(3,4)17-5)16-12(2)13-7-6-8-15-10-13/h6-8,10-12,16H,9H2,1-5H3/t11?,12-/m1/s1. The molecule has 1 aromatic heterocycles. The summed E-state index contributed by atoms with van der Waals surface area (Å²) in [5, 5.41) is 3.57. The molecule has 1 rings (SSSR count). The molecule has 0 fully saturated rings. The highest BCUT2D eigenvalue weighted by Crippen LogP contribution is 2.18. The zero-order valence-corrected chi connectivity index (χ0v) is 11.5. The maximum atomic E-state index is 5.44. The largest absolute Gasteiger partial charge is 0.379 e. The van der Waals surface area contributed by atoms with E-state index in [1.807, 2.05) is 12.3 Å². The summed E-state index contributed by atoms with van der Waals surface area (Å²) in [4.78, 5) is 4.14. The van der Waals surface area contributed by atoms with E-state index >= 15 is 0 Å². The van der Waals surface area contributed by atoms with E-state index in [-0.39, 0.29) is 5.60 Å². The molecule has 3 nitrogen and oxygen atoms in total. The Morgan fingerprint density at radius 3 is 2.65 bits per heavy atom. The maximum absolute atomic E-state index is 5.44. The van der Waals surface area contributed by atoms with E-state index in [4.69, 9.17) is 4.74 Å². The quantitative estimate of drug-likeness (QED) is 0.824. The lowest BCUT2D eigenvalue weighted by Crippen LogP contribution is -2.36. The van der Waals surface area contributed by atoms with Crippen LogP contribution in [0.15, 0.2) is 24.5 Å². The molecule has 0 aliphatic carbocycles. The van der Waals surface area contributed by atoms with Gasteiger partial charge in [-0.3, -0.25) is 4.98 Å². The molecular formula is C14H24N2O. The molecule has 0 aliphatic rings. The number of ether oxygens (including phenoxy) is 1. The molecular weight excluding hydrogens is 212 g/mol. The Balaban J connectivity index is 2.49. The maximum Gasteiger partial charge on any atom is 0.0637 e. The first-order chi connectivity index (χ1) is 7.94. The number of aromatic nitrogens is 1. The molecule has 0 saturated carbocycles. The van der Waals surface area contributed by atoms with Crippen LogP contribution in [0.5, 0.6) is 0 Å². The Kier molecular flexibility index (Phi) is 5.09. The molecule has 0 radical (unpaired) electrons. The zero-order chi connectivity index (χ0) is 12.9. The fourth-order valence-corrected chi connectivity index (χ4v) is 2.03. The monoisotopic (exact) mass is 236 g/mol. The Morgan fingerprint density at radius 2 is 2.12 bits per heavy atom. The predicted octanol–water partition coefficient (Wildman–Crippen LogP) is 2.94. The lowest BCUT2D eigenvalue weighted by Gasteiger charge is -2.29. The minimum atomic E-state index is -0.0823. The van der Waals surface area contributed by atoms with Gasteiger partial charge in [-0.25, -0.2) is 0 Å². The fourth-order valence-electron chi connectivity index (χ4n) is 2.03. The van der Waals surface area contributed by atoms with Crippen LogP contribution in [0.3, 0.4) is 0 Å². The SMILES string of the molecule is COC(C)(C)CC(C)N[C@H](C)c1cccnc1. The van der Waals surface area contributed by atoms with Crippen LogP contribution in [0.4, 0.5) is 0 Å². The molecule has 0 aromatic carbocycles. The molecule has 17 heavy (non-hydrogen) atoms. The molecule has 1 aromatic rings. The van der Waals surface area contributed by atoms with Crippen molar-refractivity contribution in [3.63, 3.8) is 0 Å². The molecule has 1 heterocycles. The topological polar surface area (TPSA) is 34.1 Å². The van der Waals surface area contributed by atoms with Crippen molar-refractivity contribution in [2.75, 3.05) is 7.11 Å². The molecule has 0 spiro atoms. The smallest absolute Gasteiger partial charge is 0.0637 e. The van der Waals surface area contributed by atoms with E-state index in [1.165, 1.54) is 5.56 Å². The first kappa shape index (κ1) is 14.1. The van der Waals surface area contributed by atoms with E-state index < -0.39 is 0 Å². The van der Waals surface area contributed by atoms with Crippen LogP contribution >= 0.6 is 0 Å². The average molecular weight is 236 g/mol. The third-order valence-electron chi connectivity index (χ3n) is 3.07. The van der Waals surface area contributed by atoms with Gasteiger partial charge in [0.2, 0.25) is 0 Å². The summed E-state index contributed by atoms with van der Waals surface area (Å²) in [6.07, 6.45) is 4.69. The van der Waals surface area contributed by atoms with Gasteiger partial charge in [-0.2, -0.15) is 0 Å². The number of pyridine rings is 1. The highest BCUT2D eigenvalue weighted by atomic mass is 16.5. The Labute approximate surface area is 105 Å². The van der Waals surface area contributed by atoms with Crippen LogP contribution in [0.2, 0.25) is 0 Å².